The van der Waals surface area contributed by atoms with Crippen LogP contribution in [0.25, 0.3) is 11.5 Å². The van der Waals surface area contributed by atoms with Crippen LogP contribution in [0.15, 0.2) is 6.07 Å². The second-order valence-electron chi connectivity index (χ2n) is 6.52. The first-order chi connectivity index (χ1) is 10.7. The van der Waals surface area contributed by atoms with E-state index in [1.54, 1.807) is 0 Å². The summed E-state index contributed by atoms with van der Waals surface area (Å²) in [4.78, 5) is 4.75. The molecule has 2 aliphatic rings. The molecule has 0 saturated carbocycles. The fraction of sp³-hybridized carbons (Fsp3) is 0.471. The molecule has 0 fully saturated rings. The largest absolute Gasteiger partial charge is 0.233 e. The van der Waals surface area contributed by atoms with Gasteiger partial charge in [0.1, 0.15) is 0 Å². The lowest BCUT2D eigenvalue weighted by molar-refractivity contribution is 0.736. The fourth-order valence-corrected chi connectivity index (χ4v) is 4.14. The SMILES string of the molecule is Cc1nn(-c2cc3nc(C)c4c(n3n2)CCC4)c2c1CCC2. The van der Waals surface area contributed by atoms with Crippen LogP contribution in [-0.2, 0) is 25.7 Å². The van der Waals surface area contributed by atoms with Gasteiger partial charge in [0.15, 0.2) is 11.5 Å². The van der Waals surface area contributed by atoms with Crippen molar-refractivity contribution >= 4 is 5.65 Å². The highest BCUT2D eigenvalue weighted by Crippen LogP contribution is 2.29. The monoisotopic (exact) mass is 293 g/mol. The molecule has 0 aliphatic heterocycles. The molecule has 0 saturated heterocycles. The van der Waals surface area contributed by atoms with Crippen LogP contribution in [0.4, 0.5) is 0 Å². The minimum absolute atomic E-state index is 0.915. The van der Waals surface area contributed by atoms with Gasteiger partial charge >= 0.3 is 0 Å². The standard InChI is InChI=1S/C17H19N5/c1-10-12-5-3-7-14(12)21-16(18-10)9-17(20-21)22-15-8-4-6-13(15)11(2)19-22/h9H,3-8H2,1-2H3. The zero-order valence-corrected chi connectivity index (χ0v) is 13.1. The molecule has 0 unspecified atom stereocenters. The van der Waals surface area contributed by atoms with E-state index in [0.29, 0.717) is 0 Å². The minimum atomic E-state index is 0.915. The van der Waals surface area contributed by atoms with Crippen molar-refractivity contribution in [2.45, 2.75) is 52.4 Å². The Bertz CT molecular complexity index is 915. The van der Waals surface area contributed by atoms with Crippen LogP contribution in [0.2, 0.25) is 0 Å². The normalized spacial score (nSPS) is 16.5. The summed E-state index contributed by atoms with van der Waals surface area (Å²) in [5, 5.41) is 9.57. The molecule has 0 radical (unpaired) electrons. The lowest BCUT2D eigenvalue weighted by atomic mass is 10.2. The molecule has 5 heteroatoms. The van der Waals surface area contributed by atoms with E-state index >= 15 is 0 Å². The molecule has 5 rings (SSSR count). The van der Waals surface area contributed by atoms with Crippen LogP contribution in [0, 0.1) is 13.8 Å². The lowest BCUT2D eigenvalue weighted by Gasteiger charge is -2.05. The van der Waals surface area contributed by atoms with Crippen molar-refractivity contribution < 1.29 is 0 Å². The molecule has 3 aromatic rings. The van der Waals surface area contributed by atoms with E-state index in [4.69, 9.17) is 15.2 Å². The third kappa shape index (κ3) is 1.51. The van der Waals surface area contributed by atoms with Crippen molar-refractivity contribution in [1.82, 2.24) is 24.4 Å². The first-order valence-corrected chi connectivity index (χ1v) is 8.18. The summed E-state index contributed by atoms with van der Waals surface area (Å²) in [6, 6.07) is 2.08. The Hall–Kier alpha value is -2.17. The Balaban J connectivity index is 1.75. The summed E-state index contributed by atoms with van der Waals surface area (Å²) in [5.41, 5.74) is 8.76. The Morgan fingerprint density at radius 2 is 1.59 bits per heavy atom. The van der Waals surface area contributed by atoms with Crippen LogP contribution in [0.3, 0.4) is 0 Å². The molecule has 22 heavy (non-hydrogen) atoms. The molecule has 3 aromatic heterocycles. The fourth-order valence-electron chi connectivity index (χ4n) is 4.14. The third-order valence-electron chi connectivity index (χ3n) is 5.19. The van der Waals surface area contributed by atoms with Crippen molar-refractivity contribution in [3.63, 3.8) is 0 Å². The quantitative estimate of drug-likeness (QED) is 0.692. The van der Waals surface area contributed by atoms with Gasteiger partial charge in [0.05, 0.1) is 5.69 Å². The number of aryl methyl sites for hydroxylation is 3. The highest BCUT2D eigenvalue weighted by atomic mass is 15.4. The van der Waals surface area contributed by atoms with Gasteiger partial charge in [0, 0.05) is 23.1 Å². The maximum atomic E-state index is 4.84. The van der Waals surface area contributed by atoms with Crippen LogP contribution >= 0.6 is 0 Å². The average molecular weight is 293 g/mol. The van der Waals surface area contributed by atoms with Gasteiger partial charge in [0.2, 0.25) is 0 Å². The van der Waals surface area contributed by atoms with Gasteiger partial charge in [-0.15, -0.1) is 5.10 Å². The van der Waals surface area contributed by atoms with E-state index in [1.807, 2.05) is 9.20 Å². The molecule has 5 nitrogen and oxygen atoms in total. The summed E-state index contributed by atoms with van der Waals surface area (Å²) < 4.78 is 4.09. The number of aromatic nitrogens is 5. The smallest absolute Gasteiger partial charge is 0.178 e. The number of hydrogen-bond acceptors (Lipinski definition) is 3. The minimum Gasteiger partial charge on any atom is -0.233 e. The summed E-state index contributed by atoms with van der Waals surface area (Å²) in [6.45, 7) is 4.23. The molecular weight excluding hydrogens is 274 g/mol. The van der Waals surface area contributed by atoms with Crippen LogP contribution < -0.4 is 0 Å². The number of fused-ring (bicyclic) bond motifs is 4. The van der Waals surface area contributed by atoms with Crippen molar-refractivity contribution in [2.75, 3.05) is 0 Å². The van der Waals surface area contributed by atoms with Gasteiger partial charge < -0.3 is 0 Å². The molecule has 0 amide bonds. The molecule has 0 N–H and O–H groups in total. The first-order valence-electron chi connectivity index (χ1n) is 8.18. The zero-order valence-electron chi connectivity index (χ0n) is 13.1. The second-order valence-corrected chi connectivity index (χ2v) is 6.52. The zero-order chi connectivity index (χ0) is 14.8. The van der Waals surface area contributed by atoms with Gasteiger partial charge in [-0.05, 0) is 63.5 Å². The van der Waals surface area contributed by atoms with Gasteiger partial charge in [-0.2, -0.15) is 5.10 Å². The molecule has 2 aliphatic carbocycles. The average Bonchev–Trinajstić information content (AvgIpc) is 3.21. The van der Waals surface area contributed by atoms with Crippen LogP contribution in [-0.4, -0.2) is 24.4 Å². The summed E-state index contributed by atoms with van der Waals surface area (Å²) >= 11 is 0. The van der Waals surface area contributed by atoms with E-state index in [0.717, 1.165) is 48.5 Å². The summed E-state index contributed by atoms with van der Waals surface area (Å²) in [6.07, 6.45) is 6.94. The number of nitrogens with zero attached hydrogens (tertiary/aromatic N) is 5. The summed E-state index contributed by atoms with van der Waals surface area (Å²) in [5.74, 6) is 0.915. The number of hydrogen-bond donors (Lipinski definition) is 0. The molecule has 0 atom stereocenters. The Morgan fingerprint density at radius 1 is 0.864 bits per heavy atom. The Labute approximate surface area is 129 Å². The number of rotatable bonds is 1. The molecule has 3 heterocycles. The molecular formula is C17H19N5. The van der Waals surface area contributed by atoms with Gasteiger partial charge in [0.25, 0.3) is 0 Å². The van der Waals surface area contributed by atoms with E-state index in [1.165, 1.54) is 35.4 Å². The molecule has 0 bridgehead atoms. The van der Waals surface area contributed by atoms with Gasteiger partial charge in [-0.1, -0.05) is 0 Å². The summed E-state index contributed by atoms with van der Waals surface area (Å²) in [7, 11) is 0. The van der Waals surface area contributed by atoms with Crippen LogP contribution in [0.1, 0.15) is 46.7 Å². The van der Waals surface area contributed by atoms with Crippen LogP contribution in [0.5, 0.6) is 0 Å². The maximum absolute atomic E-state index is 4.84. The van der Waals surface area contributed by atoms with Crippen molar-refractivity contribution in [3.05, 3.63) is 40.0 Å². The van der Waals surface area contributed by atoms with E-state index in [9.17, 15) is 0 Å². The Morgan fingerprint density at radius 3 is 2.41 bits per heavy atom. The van der Waals surface area contributed by atoms with E-state index in [2.05, 4.69) is 19.9 Å². The lowest BCUT2D eigenvalue weighted by Crippen LogP contribution is -2.05. The third-order valence-corrected chi connectivity index (χ3v) is 5.19. The molecule has 0 spiro atoms. The molecule has 112 valence electrons. The van der Waals surface area contributed by atoms with E-state index < -0.39 is 0 Å². The van der Waals surface area contributed by atoms with Crippen molar-refractivity contribution in [1.29, 1.82) is 0 Å². The second kappa shape index (κ2) is 4.18. The highest BCUT2D eigenvalue weighted by Gasteiger charge is 2.24. The van der Waals surface area contributed by atoms with Crippen molar-refractivity contribution in [3.8, 4) is 5.82 Å². The van der Waals surface area contributed by atoms with Gasteiger partial charge in [-0.25, -0.2) is 14.2 Å². The van der Waals surface area contributed by atoms with E-state index in [-0.39, 0.29) is 0 Å². The Kier molecular flexibility index (Phi) is 2.35. The molecule has 0 aromatic carbocycles. The topological polar surface area (TPSA) is 48.0 Å². The first kappa shape index (κ1) is 12.4. The maximum Gasteiger partial charge on any atom is 0.178 e. The van der Waals surface area contributed by atoms with Gasteiger partial charge in [-0.3, -0.25) is 0 Å². The predicted octanol–water partition coefficient (Wildman–Crippen LogP) is 2.51. The van der Waals surface area contributed by atoms with Crippen molar-refractivity contribution in [2.24, 2.45) is 0 Å². The predicted molar refractivity (Wildman–Crippen MR) is 83.6 cm³/mol. The highest BCUT2D eigenvalue weighted by molar-refractivity contribution is 5.50.